The Morgan fingerprint density at radius 2 is 1.94 bits per heavy atom. The summed E-state index contributed by atoms with van der Waals surface area (Å²) in [5.74, 6) is -0.476. The van der Waals surface area contributed by atoms with E-state index in [-0.39, 0.29) is 31.2 Å². The van der Waals surface area contributed by atoms with E-state index in [1.165, 1.54) is 7.11 Å². The molecule has 176 valence electrons. The van der Waals surface area contributed by atoms with Crippen LogP contribution < -0.4 is 5.56 Å². The van der Waals surface area contributed by atoms with E-state index in [9.17, 15) is 14.4 Å². The van der Waals surface area contributed by atoms with E-state index in [1.54, 1.807) is 36.9 Å². The van der Waals surface area contributed by atoms with Gasteiger partial charge in [0.25, 0.3) is 11.5 Å². The summed E-state index contributed by atoms with van der Waals surface area (Å²) >= 11 is 6.04. The number of methoxy groups -OCH3 is 1. The highest BCUT2D eigenvalue weighted by molar-refractivity contribution is 6.31. The Hall–Kier alpha value is -3.17. The third-order valence-electron chi connectivity index (χ3n) is 5.22. The minimum atomic E-state index is -0.517. The molecule has 0 aliphatic heterocycles. The molecule has 0 aliphatic rings. The Bertz CT molecular complexity index is 1230. The van der Waals surface area contributed by atoms with Crippen molar-refractivity contribution >= 4 is 34.4 Å². The topological polar surface area (TPSA) is 117 Å². The summed E-state index contributed by atoms with van der Waals surface area (Å²) < 4.78 is 10.1. The van der Waals surface area contributed by atoms with Crippen molar-refractivity contribution in [3.63, 3.8) is 0 Å². The number of aromatic amines is 2. The van der Waals surface area contributed by atoms with Crippen LogP contribution in [-0.4, -0.2) is 58.6 Å². The van der Waals surface area contributed by atoms with Crippen LogP contribution in [0.3, 0.4) is 0 Å². The zero-order chi connectivity index (χ0) is 24.1. The average Bonchev–Trinajstić information content (AvgIpc) is 3.06. The first-order valence-electron chi connectivity index (χ1n) is 10.6. The summed E-state index contributed by atoms with van der Waals surface area (Å²) in [7, 11) is 1.52. The lowest BCUT2D eigenvalue weighted by atomic mass is 10.1. The molecule has 0 fully saturated rings. The first-order chi connectivity index (χ1) is 15.8. The van der Waals surface area contributed by atoms with E-state index < -0.39 is 5.97 Å². The van der Waals surface area contributed by atoms with Crippen LogP contribution in [0.1, 0.15) is 51.3 Å². The third kappa shape index (κ3) is 5.43. The number of rotatable bonds is 9. The Morgan fingerprint density at radius 1 is 1.18 bits per heavy atom. The molecule has 2 N–H and O–H groups in total. The van der Waals surface area contributed by atoms with Gasteiger partial charge in [-0.2, -0.15) is 0 Å². The number of H-pyrrole nitrogens is 2. The van der Waals surface area contributed by atoms with Gasteiger partial charge in [0.2, 0.25) is 0 Å². The van der Waals surface area contributed by atoms with Gasteiger partial charge in [-0.25, -0.2) is 9.78 Å². The average molecular weight is 475 g/mol. The highest BCUT2D eigenvalue weighted by Crippen LogP contribution is 2.22. The Morgan fingerprint density at radius 3 is 2.64 bits per heavy atom. The largest absolute Gasteiger partial charge is 0.460 e. The fraction of sp³-hybridized carbons (Fsp3) is 0.391. The van der Waals surface area contributed by atoms with Crippen LogP contribution in [0.25, 0.3) is 10.9 Å². The number of hydrogen-bond donors (Lipinski definition) is 2. The number of fused-ring (bicyclic) bond motifs is 1. The second kappa shape index (κ2) is 10.6. The number of nitrogens with zero attached hydrogens (tertiary/aromatic N) is 2. The maximum atomic E-state index is 13.4. The van der Waals surface area contributed by atoms with E-state index in [1.807, 2.05) is 6.92 Å². The maximum absolute atomic E-state index is 13.4. The molecule has 3 rings (SSSR count). The number of carbonyl (C=O) groups excluding carboxylic acids is 2. The van der Waals surface area contributed by atoms with E-state index in [4.69, 9.17) is 21.1 Å². The predicted octanol–water partition coefficient (Wildman–Crippen LogP) is 3.38. The van der Waals surface area contributed by atoms with Gasteiger partial charge in [0, 0.05) is 24.4 Å². The first kappa shape index (κ1) is 24.5. The van der Waals surface area contributed by atoms with Gasteiger partial charge in [-0.15, -0.1) is 0 Å². The summed E-state index contributed by atoms with van der Waals surface area (Å²) in [5.41, 5.74) is 1.83. The van der Waals surface area contributed by atoms with Gasteiger partial charge in [0.05, 0.1) is 29.6 Å². The van der Waals surface area contributed by atoms with Crippen molar-refractivity contribution in [2.24, 2.45) is 0 Å². The van der Waals surface area contributed by atoms with Crippen LogP contribution in [0.5, 0.6) is 0 Å². The molecule has 2 aromatic heterocycles. The summed E-state index contributed by atoms with van der Waals surface area (Å²) in [6.07, 6.45) is 0.694. The minimum Gasteiger partial charge on any atom is -0.460 e. The molecular formula is C23H27ClN4O5. The molecule has 0 unspecified atom stereocenters. The number of esters is 1. The molecule has 0 saturated carbocycles. The molecule has 0 atom stereocenters. The number of aryl methyl sites for hydroxylation is 1. The van der Waals surface area contributed by atoms with Crippen LogP contribution in [0, 0.1) is 13.8 Å². The molecule has 0 saturated heterocycles. The van der Waals surface area contributed by atoms with E-state index in [0.29, 0.717) is 57.2 Å². The maximum Gasteiger partial charge on any atom is 0.340 e. The van der Waals surface area contributed by atoms with Crippen LogP contribution in [-0.2, 0) is 16.0 Å². The molecule has 0 radical (unpaired) electrons. The molecule has 2 heterocycles. The summed E-state index contributed by atoms with van der Waals surface area (Å²) in [5, 5.41) is 0.888. The summed E-state index contributed by atoms with van der Waals surface area (Å²) in [4.78, 5) is 50.2. The highest BCUT2D eigenvalue weighted by Gasteiger charge is 2.26. The number of hydrogen-bond acceptors (Lipinski definition) is 6. The second-order valence-corrected chi connectivity index (χ2v) is 8.09. The zero-order valence-corrected chi connectivity index (χ0v) is 19.8. The number of carbonyl (C=O) groups is 2. The van der Waals surface area contributed by atoms with Crippen LogP contribution in [0.4, 0.5) is 0 Å². The van der Waals surface area contributed by atoms with Crippen LogP contribution in [0.15, 0.2) is 23.0 Å². The van der Waals surface area contributed by atoms with E-state index >= 15 is 0 Å². The highest BCUT2D eigenvalue weighted by atomic mass is 35.5. The van der Waals surface area contributed by atoms with Crippen molar-refractivity contribution in [3.05, 3.63) is 61.9 Å². The number of aromatic nitrogens is 3. The molecule has 10 heteroatoms. The molecule has 33 heavy (non-hydrogen) atoms. The molecule has 0 bridgehead atoms. The van der Waals surface area contributed by atoms with Gasteiger partial charge in [0.1, 0.15) is 18.1 Å². The lowest BCUT2D eigenvalue weighted by molar-refractivity contribution is 0.0387. The summed E-state index contributed by atoms with van der Waals surface area (Å²) in [6.45, 7) is 6.29. The van der Waals surface area contributed by atoms with Crippen molar-refractivity contribution < 1.29 is 19.1 Å². The number of nitrogens with one attached hydrogen (secondary N) is 2. The Kier molecular flexibility index (Phi) is 7.88. The van der Waals surface area contributed by atoms with Gasteiger partial charge in [-0.1, -0.05) is 18.5 Å². The molecule has 1 aromatic carbocycles. The lowest BCUT2D eigenvalue weighted by Gasteiger charge is -2.21. The molecule has 1 amide bonds. The monoisotopic (exact) mass is 474 g/mol. The van der Waals surface area contributed by atoms with Gasteiger partial charge in [-0.05, 0) is 44.0 Å². The lowest BCUT2D eigenvalue weighted by Crippen LogP contribution is -2.33. The quantitative estimate of drug-likeness (QED) is 0.362. The third-order valence-corrected chi connectivity index (χ3v) is 5.45. The molecular weight excluding hydrogens is 448 g/mol. The first-order valence-corrected chi connectivity index (χ1v) is 11.0. The fourth-order valence-electron chi connectivity index (χ4n) is 3.66. The SMILES string of the molecule is CCCN(Cc1nc2cc(Cl)ccc2c(=O)[nH]1)C(=O)c1[nH]c(C)c(C(=O)OCCOC)c1C. The van der Waals surface area contributed by atoms with Crippen molar-refractivity contribution in [1.82, 2.24) is 19.9 Å². The number of ether oxygens (including phenoxy) is 2. The zero-order valence-electron chi connectivity index (χ0n) is 19.1. The Balaban J connectivity index is 1.89. The van der Waals surface area contributed by atoms with Crippen LogP contribution >= 0.6 is 11.6 Å². The Labute approximate surface area is 196 Å². The van der Waals surface area contributed by atoms with Crippen LogP contribution in [0.2, 0.25) is 5.02 Å². The number of benzene rings is 1. The predicted molar refractivity (Wildman–Crippen MR) is 125 cm³/mol. The van der Waals surface area contributed by atoms with Crippen molar-refractivity contribution in [1.29, 1.82) is 0 Å². The van der Waals surface area contributed by atoms with Crippen molar-refractivity contribution in [3.8, 4) is 0 Å². The second-order valence-electron chi connectivity index (χ2n) is 7.65. The number of halogens is 1. The van der Waals surface area contributed by atoms with Gasteiger partial charge in [0.15, 0.2) is 0 Å². The minimum absolute atomic E-state index is 0.0928. The van der Waals surface area contributed by atoms with Gasteiger partial charge >= 0.3 is 5.97 Å². The molecule has 9 nitrogen and oxygen atoms in total. The summed E-state index contributed by atoms with van der Waals surface area (Å²) in [6, 6.07) is 4.85. The molecule has 0 spiro atoms. The number of amides is 1. The van der Waals surface area contributed by atoms with Gasteiger partial charge < -0.3 is 24.3 Å². The van der Waals surface area contributed by atoms with Crippen molar-refractivity contribution in [2.45, 2.75) is 33.7 Å². The van der Waals surface area contributed by atoms with Gasteiger partial charge in [-0.3, -0.25) is 9.59 Å². The standard InChI is InChI=1S/C23H27ClN4O5/c1-5-8-28(12-18-26-17-11-15(24)6-7-16(17)21(29)27-18)22(30)20-13(2)19(14(3)25-20)23(31)33-10-9-32-4/h6-7,11,25H,5,8-10,12H2,1-4H3,(H,26,27,29). The van der Waals surface area contributed by atoms with Crippen molar-refractivity contribution in [2.75, 3.05) is 26.9 Å². The van der Waals surface area contributed by atoms with E-state index in [2.05, 4.69) is 15.0 Å². The molecule has 0 aliphatic carbocycles. The molecule has 3 aromatic rings. The van der Waals surface area contributed by atoms with E-state index in [0.717, 1.165) is 0 Å². The smallest absolute Gasteiger partial charge is 0.340 e. The normalized spacial score (nSPS) is 11.1. The fourth-order valence-corrected chi connectivity index (χ4v) is 3.82.